The van der Waals surface area contributed by atoms with Gasteiger partial charge in [0.25, 0.3) is 0 Å². The second kappa shape index (κ2) is 8.23. The molecule has 0 aliphatic heterocycles. The standard InChI is InChI=1S/C19H16F3N3O3S2/c1-8-13-16(23-10(3)24-17(13)30-14(8)18(27)28)29-9(2)15(26)25-12-6-4-5-11(7-12)19(20,21)22/h4-7,9H,1-3H3,(H,25,26)(H,27,28)/t9-/m1/s1. The molecule has 0 saturated carbocycles. The summed E-state index contributed by atoms with van der Waals surface area (Å²) in [5.74, 6) is -1.15. The number of halogens is 3. The number of carbonyl (C=O) groups is 2. The fourth-order valence-corrected chi connectivity index (χ4v) is 4.91. The van der Waals surface area contributed by atoms with Gasteiger partial charge in [-0.15, -0.1) is 11.3 Å². The van der Waals surface area contributed by atoms with Crippen molar-refractivity contribution in [2.45, 2.75) is 37.2 Å². The Labute approximate surface area is 177 Å². The zero-order valence-corrected chi connectivity index (χ0v) is 17.6. The first-order valence-corrected chi connectivity index (χ1v) is 10.3. The van der Waals surface area contributed by atoms with Gasteiger partial charge in [-0.25, -0.2) is 14.8 Å². The number of aromatic nitrogens is 2. The molecule has 2 N–H and O–H groups in total. The molecule has 1 atom stereocenters. The Balaban J connectivity index is 1.85. The lowest BCUT2D eigenvalue weighted by atomic mass is 10.2. The molecule has 2 aromatic heterocycles. The highest BCUT2D eigenvalue weighted by molar-refractivity contribution is 8.00. The number of aromatic carboxylic acids is 1. The zero-order valence-electron chi connectivity index (χ0n) is 16.0. The predicted molar refractivity (Wildman–Crippen MR) is 109 cm³/mol. The molecule has 3 rings (SSSR count). The van der Waals surface area contributed by atoms with E-state index >= 15 is 0 Å². The van der Waals surface area contributed by atoms with E-state index in [0.29, 0.717) is 26.6 Å². The topological polar surface area (TPSA) is 92.2 Å². The monoisotopic (exact) mass is 455 g/mol. The summed E-state index contributed by atoms with van der Waals surface area (Å²) < 4.78 is 38.6. The minimum atomic E-state index is -4.51. The van der Waals surface area contributed by atoms with Crippen LogP contribution in [0.3, 0.4) is 0 Å². The molecule has 11 heteroatoms. The van der Waals surface area contributed by atoms with Gasteiger partial charge in [-0.05, 0) is 44.5 Å². The Morgan fingerprint density at radius 3 is 2.57 bits per heavy atom. The van der Waals surface area contributed by atoms with Gasteiger partial charge in [0.05, 0.1) is 10.8 Å². The molecule has 2 heterocycles. The first kappa shape index (κ1) is 22.0. The maximum atomic E-state index is 12.9. The molecule has 0 bridgehead atoms. The van der Waals surface area contributed by atoms with Crippen LogP contribution in [0, 0.1) is 13.8 Å². The lowest BCUT2D eigenvalue weighted by Gasteiger charge is -2.14. The zero-order chi connectivity index (χ0) is 22.2. The highest BCUT2D eigenvalue weighted by Crippen LogP contribution is 2.37. The first-order chi connectivity index (χ1) is 14.0. The number of aryl methyl sites for hydroxylation is 2. The molecule has 30 heavy (non-hydrogen) atoms. The third-order valence-electron chi connectivity index (χ3n) is 4.18. The molecule has 3 aromatic rings. The summed E-state index contributed by atoms with van der Waals surface area (Å²) in [6.07, 6.45) is -4.51. The average molecular weight is 455 g/mol. The number of nitrogens with one attached hydrogen (secondary N) is 1. The Morgan fingerprint density at radius 2 is 1.93 bits per heavy atom. The Kier molecular flexibility index (Phi) is 6.04. The molecular formula is C19H16F3N3O3S2. The molecule has 6 nitrogen and oxygen atoms in total. The number of carboxylic acid groups (broad SMARTS) is 1. The third kappa shape index (κ3) is 4.57. The van der Waals surface area contributed by atoms with Gasteiger partial charge < -0.3 is 10.4 Å². The van der Waals surface area contributed by atoms with Gasteiger partial charge in [0.15, 0.2) is 0 Å². The molecule has 0 radical (unpaired) electrons. The van der Waals surface area contributed by atoms with Crippen molar-refractivity contribution in [3.05, 3.63) is 46.1 Å². The van der Waals surface area contributed by atoms with Gasteiger partial charge in [-0.2, -0.15) is 13.2 Å². The number of thiophene rings is 1. The van der Waals surface area contributed by atoms with E-state index < -0.39 is 28.9 Å². The smallest absolute Gasteiger partial charge is 0.416 e. The fourth-order valence-electron chi connectivity index (χ4n) is 2.73. The van der Waals surface area contributed by atoms with Crippen molar-refractivity contribution in [2.24, 2.45) is 0 Å². The number of hydrogen-bond donors (Lipinski definition) is 2. The van der Waals surface area contributed by atoms with Crippen molar-refractivity contribution in [3.8, 4) is 0 Å². The van der Waals surface area contributed by atoms with Crippen molar-refractivity contribution in [3.63, 3.8) is 0 Å². The van der Waals surface area contributed by atoms with E-state index in [0.717, 1.165) is 35.2 Å². The van der Waals surface area contributed by atoms with E-state index in [1.807, 2.05) is 0 Å². The van der Waals surface area contributed by atoms with Crippen LogP contribution >= 0.6 is 23.1 Å². The summed E-state index contributed by atoms with van der Waals surface area (Å²) in [6, 6.07) is 4.38. The highest BCUT2D eigenvalue weighted by atomic mass is 32.2. The number of anilines is 1. The van der Waals surface area contributed by atoms with Crippen LogP contribution in [0.2, 0.25) is 0 Å². The summed E-state index contributed by atoms with van der Waals surface area (Å²) in [6.45, 7) is 4.90. The molecule has 0 spiro atoms. The fraction of sp³-hybridized carbons (Fsp3) is 0.263. The number of carboxylic acids is 1. The van der Waals surface area contributed by atoms with E-state index in [4.69, 9.17) is 0 Å². The van der Waals surface area contributed by atoms with Crippen LogP contribution in [0.4, 0.5) is 18.9 Å². The average Bonchev–Trinajstić information content (AvgIpc) is 2.97. The van der Waals surface area contributed by atoms with Crippen LogP contribution in [-0.4, -0.2) is 32.2 Å². The van der Waals surface area contributed by atoms with Crippen LogP contribution in [0.15, 0.2) is 29.3 Å². The minimum absolute atomic E-state index is 0.0335. The van der Waals surface area contributed by atoms with Crippen molar-refractivity contribution in [1.29, 1.82) is 0 Å². The number of fused-ring (bicyclic) bond motifs is 1. The number of rotatable bonds is 5. The van der Waals surface area contributed by atoms with Gasteiger partial charge in [-0.3, -0.25) is 4.79 Å². The Hall–Kier alpha value is -2.66. The van der Waals surface area contributed by atoms with E-state index in [1.54, 1.807) is 20.8 Å². The summed E-state index contributed by atoms with van der Waals surface area (Å²) in [5, 5.41) is 12.1. The molecule has 1 amide bonds. The highest BCUT2D eigenvalue weighted by Gasteiger charge is 2.30. The second-order valence-electron chi connectivity index (χ2n) is 6.45. The number of amides is 1. The summed E-state index contributed by atoms with van der Waals surface area (Å²) in [7, 11) is 0. The predicted octanol–water partition coefficient (Wildman–Crippen LogP) is 5.14. The van der Waals surface area contributed by atoms with Crippen LogP contribution < -0.4 is 5.32 Å². The first-order valence-electron chi connectivity index (χ1n) is 8.63. The second-order valence-corrected chi connectivity index (χ2v) is 8.77. The SMILES string of the molecule is Cc1nc(S[C@H](C)C(=O)Nc2cccc(C(F)(F)F)c2)c2c(C)c(C(=O)O)sc2n1. The van der Waals surface area contributed by atoms with Gasteiger partial charge in [0, 0.05) is 11.1 Å². The molecular weight excluding hydrogens is 439 g/mol. The number of hydrogen-bond acceptors (Lipinski definition) is 6. The lowest BCUT2D eigenvalue weighted by molar-refractivity contribution is -0.137. The maximum absolute atomic E-state index is 12.9. The summed E-state index contributed by atoms with van der Waals surface area (Å²) >= 11 is 2.12. The van der Waals surface area contributed by atoms with Crippen LogP contribution in [-0.2, 0) is 11.0 Å². The van der Waals surface area contributed by atoms with E-state index in [-0.39, 0.29) is 10.6 Å². The van der Waals surface area contributed by atoms with Crippen molar-refractivity contribution in [2.75, 3.05) is 5.32 Å². The van der Waals surface area contributed by atoms with E-state index in [1.165, 1.54) is 12.1 Å². The van der Waals surface area contributed by atoms with Crippen molar-refractivity contribution in [1.82, 2.24) is 9.97 Å². The van der Waals surface area contributed by atoms with Crippen LogP contribution in [0.25, 0.3) is 10.2 Å². The molecule has 0 fully saturated rings. The molecule has 0 aliphatic rings. The maximum Gasteiger partial charge on any atom is 0.416 e. The minimum Gasteiger partial charge on any atom is -0.477 e. The molecule has 0 unspecified atom stereocenters. The van der Waals surface area contributed by atoms with E-state index in [2.05, 4.69) is 15.3 Å². The normalized spacial score (nSPS) is 12.7. The van der Waals surface area contributed by atoms with Gasteiger partial charge >= 0.3 is 12.1 Å². The molecule has 0 aliphatic carbocycles. The number of nitrogens with zero attached hydrogens (tertiary/aromatic N) is 2. The van der Waals surface area contributed by atoms with Crippen LogP contribution in [0.5, 0.6) is 0 Å². The number of carbonyl (C=O) groups excluding carboxylic acids is 1. The van der Waals surface area contributed by atoms with Gasteiger partial charge in [0.1, 0.15) is 20.6 Å². The quantitative estimate of drug-likeness (QED) is 0.409. The Morgan fingerprint density at radius 1 is 1.23 bits per heavy atom. The largest absolute Gasteiger partial charge is 0.477 e. The Bertz CT molecular complexity index is 1150. The number of thioether (sulfide) groups is 1. The van der Waals surface area contributed by atoms with Gasteiger partial charge in [-0.1, -0.05) is 17.8 Å². The van der Waals surface area contributed by atoms with E-state index in [9.17, 15) is 27.9 Å². The molecule has 158 valence electrons. The van der Waals surface area contributed by atoms with Crippen LogP contribution in [0.1, 0.15) is 33.5 Å². The number of alkyl halides is 3. The summed E-state index contributed by atoms with van der Waals surface area (Å²) in [5.41, 5.74) is -0.314. The van der Waals surface area contributed by atoms with Gasteiger partial charge in [0.2, 0.25) is 5.91 Å². The van der Waals surface area contributed by atoms with Crippen molar-refractivity contribution < 1.29 is 27.9 Å². The third-order valence-corrected chi connectivity index (χ3v) is 6.44. The lowest BCUT2D eigenvalue weighted by Crippen LogP contribution is -2.23. The number of benzene rings is 1. The van der Waals surface area contributed by atoms with Crippen molar-refractivity contribution >= 4 is 50.9 Å². The summed E-state index contributed by atoms with van der Waals surface area (Å²) in [4.78, 5) is 33.3. The molecule has 1 aromatic carbocycles. The molecule has 0 saturated heterocycles.